The fraction of sp³-hybridized carbons (Fsp3) is 0.600. The lowest BCUT2D eigenvalue weighted by molar-refractivity contribution is -0.265. The number of allylic oxidation sites excluding steroid dienone is 1. The maximum Gasteiger partial charge on any atom is 0.459 e. The number of alkyl halides is 5. The van der Waals surface area contributed by atoms with E-state index in [1.165, 1.54) is 0 Å². The molecule has 0 aromatic rings. The van der Waals surface area contributed by atoms with Crippen molar-refractivity contribution in [3.8, 4) is 0 Å². The highest BCUT2D eigenvalue weighted by atomic mass is 32.1. The van der Waals surface area contributed by atoms with Gasteiger partial charge in [-0.1, -0.05) is 0 Å². The largest absolute Gasteiger partial charge is 0.459 e. The standard InChI is InChI=1S/C5H6F5NS/c1-11-3(2-12)4(6,7)5(8,9)10/h2,11-12H,1H3/b3-2-. The number of thiol groups is 1. The van der Waals surface area contributed by atoms with Crippen molar-refractivity contribution in [3.05, 3.63) is 11.1 Å². The minimum absolute atomic E-state index is 0.382. The molecule has 0 aliphatic heterocycles. The summed E-state index contributed by atoms with van der Waals surface area (Å²) in [5.74, 6) is -4.87. The first kappa shape index (κ1) is 11.5. The van der Waals surface area contributed by atoms with Crippen LogP contribution in [-0.2, 0) is 0 Å². The summed E-state index contributed by atoms with van der Waals surface area (Å²) in [4.78, 5) is 0. The van der Waals surface area contributed by atoms with E-state index in [2.05, 4.69) is 12.6 Å². The molecule has 72 valence electrons. The lowest BCUT2D eigenvalue weighted by Crippen LogP contribution is -2.42. The summed E-state index contributed by atoms with van der Waals surface area (Å²) in [6.07, 6.45) is -5.59. The zero-order valence-electron chi connectivity index (χ0n) is 5.91. The van der Waals surface area contributed by atoms with Crippen molar-refractivity contribution in [3.63, 3.8) is 0 Å². The van der Waals surface area contributed by atoms with Crippen molar-refractivity contribution < 1.29 is 22.0 Å². The van der Waals surface area contributed by atoms with Crippen LogP contribution in [0.1, 0.15) is 0 Å². The average molecular weight is 207 g/mol. The minimum atomic E-state index is -5.59. The van der Waals surface area contributed by atoms with E-state index in [-0.39, 0.29) is 0 Å². The zero-order chi connectivity index (χ0) is 9.99. The number of hydrogen-bond acceptors (Lipinski definition) is 2. The van der Waals surface area contributed by atoms with Gasteiger partial charge in [0.15, 0.2) is 0 Å². The minimum Gasteiger partial charge on any atom is -0.386 e. The highest BCUT2D eigenvalue weighted by Crippen LogP contribution is 2.39. The van der Waals surface area contributed by atoms with Gasteiger partial charge in [0.05, 0.1) is 5.70 Å². The highest BCUT2D eigenvalue weighted by Gasteiger charge is 2.59. The van der Waals surface area contributed by atoms with Crippen LogP contribution in [0.3, 0.4) is 0 Å². The topological polar surface area (TPSA) is 12.0 Å². The van der Waals surface area contributed by atoms with Gasteiger partial charge in [0.25, 0.3) is 0 Å². The Bertz CT molecular complexity index is 185. The summed E-state index contributed by atoms with van der Waals surface area (Å²) < 4.78 is 59.4. The van der Waals surface area contributed by atoms with E-state index in [0.29, 0.717) is 5.41 Å². The molecule has 0 saturated heterocycles. The molecule has 12 heavy (non-hydrogen) atoms. The fourth-order valence-electron chi connectivity index (χ4n) is 0.455. The van der Waals surface area contributed by atoms with Gasteiger partial charge < -0.3 is 5.32 Å². The van der Waals surface area contributed by atoms with E-state index in [0.717, 1.165) is 7.05 Å². The van der Waals surface area contributed by atoms with E-state index in [1.54, 1.807) is 5.32 Å². The van der Waals surface area contributed by atoms with Crippen LogP contribution in [0, 0.1) is 0 Å². The summed E-state index contributed by atoms with van der Waals surface area (Å²) in [5.41, 5.74) is -1.28. The fourth-order valence-corrected chi connectivity index (χ4v) is 0.747. The van der Waals surface area contributed by atoms with Crippen LogP contribution >= 0.6 is 12.6 Å². The first-order valence-corrected chi connectivity index (χ1v) is 3.26. The summed E-state index contributed by atoms with van der Waals surface area (Å²) in [6.45, 7) is 0. The number of rotatable bonds is 2. The lowest BCUT2D eigenvalue weighted by atomic mass is 10.2. The molecule has 0 radical (unpaired) electrons. The molecule has 0 saturated carbocycles. The molecule has 0 aliphatic carbocycles. The van der Waals surface area contributed by atoms with Gasteiger partial charge in [-0.2, -0.15) is 22.0 Å². The van der Waals surface area contributed by atoms with Gasteiger partial charge >= 0.3 is 12.1 Å². The molecule has 0 fully saturated rings. The predicted octanol–water partition coefficient (Wildman–Crippen LogP) is 2.17. The molecule has 0 bridgehead atoms. The molecule has 7 heteroatoms. The second-order valence-corrected chi connectivity index (χ2v) is 2.12. The van der Waals surface area contributed by atoms with Crippen LogP contribution in [0.5, 0.6) is 0 Å². The third kappa shape index (κ3) is 2.02. The van der Waals surface area contributed by atoms with Crippen LogP contribution in [0.4, 0.5) is 22.0 Å². The first-order valence-electron chi connectivity index (χ1n) is 2.74. The van der Waals surface area contributed by atoms with Crippen molar-refractivity contribution in [2.24, 2.45) is 0 Å². The van der Waals surface area contributed by atoms with Crippen molar-refractivity contribution in [2.75, 3.05) is 7.05 Å². The lowest BCUT2D eigenvalue weighted by Gasteiger charge is -2.21. The molecule has 1 N–H and O–H groups in total. The summed E-state index contributed by atoms with van der Waals surface area (Å²) in [6, 6.07) is 0. The van der Waals surface area contributed by atoms with Gasteiger partial charge in [0.1, 0.15) is 0 Å². The summed E-state index contributed by atoms with van der Waals surface area (Å²) in [5, 5.41) is 2.10. The quantitative estimate of drug-likeness (QED) is 0.522. The molecule has 0 spiro atoms. The van der Waals surface area contributed by atoms with Crippen LogP contribution in [0.15, 0.2) is 11.1 Å². The molecule has 0 unspecified atom stereocenters. The van der Waals surface area contributed by atoms with Crippen molar-refractivity contribution >= 4 is 12.6 Å². The SMILES string of the molecule is CN/C(=C\S)C(F)(F)C(F)(F)F. The molecule has 0 aliphatic rings. The second kappa shape index (κ2) is 3.51. The number of nitrogens with one attached hydrogen (secondary N) is 1. The predicted molar refractivity (Wildman–Crippen MR) is 37.1 cm³/mol. The molecule has 0 atom stereocenters. The smallest absolute Gasteiger partial charge is 0.386 e. The molecule has 0 heterocycles. The van der Waals surface area contributed by atoms with Crippen LogP contribution in [0.2, 0.25) is 0 Å². The Kier molecular flexibility index (Phi) is 3.37. The molecular weight excluding hydrogens is 201 g/mol. The Morgan fingerprint density at radius 2 is 1.67 bits per heavy atom. The monoisotopic (exact) mass is 207 g/mol. The number of halogens is 5. The Labute approximate surface area is 71.0 Å². The maximum absolute atomic E-state index is 12.3. The molecule has 1 nitrogen and oxygen atoms in total. The molecule has 0 aromatic carbocycles. The first-order chi connectivity index (χ1) is 5.27. The Morgan fingerprint density at radius 1 is 1.25 bits per heavy atom. The molecule has 0 aromatic heterocycles. The third-order valence-electron chi connectivity index (χ3n) is 1.09. The summed E-state index contributed by atoms with van der Waals surface area (Å²) in [7, 11) is 0.960. The molecular formula is C5H6F5NS. The number of hydrogen-bond donors (Lipinski definition) is 2. The van der Waals surface area contributed by atoms with Crippen molar-refractivity contribution in [1.82, 2.24) is 5.32 Å². The van der Waals surface area contributed by atoms with Crippen molar-refractivity contribution in [1.29, 1.82) is 0 Å². The van der Waals surface area contributed by atoms with Crippen molar-refractivity contribution in [2.45, 2.75) is 12.1 Å². The van der Waals surface area contributed by atoms with E-state index >= 15 is 0 Å². The van der Waals surface area contributed by atoms with Gasteiger partial charge in [-0.25, -0.2) is 0 Å². The van der Waals surface area contributed by atoms with Crippen LogP contribution in [0.25, 0.3) is 0 Å². The highest BCUT2D eigenvalue weighted by molar-refractivity contribution is 7.83. The van der Waals surface area contributed by atoms with Gasteiger partial charge in [0.2, 0.25) is 0 Å². The van der Waals surface area contributed by atoms with E-state index < -0.39 is 17.8 Å². The maximum atomic E-state index is 12.3. The summed E-state index contributed by atoms with van der Waals surface area (Å²) >= 11 is 3.22. The van der Waals surface area contributed by atoms with Crippen LogP contribution in [-0.4, -0.2) is 19.1 Å². The Morgan fingerprint density at radius 3 is 1.75 bits per heavy atom. The average Bonchev–Trinajstić information content (AvgIpc) is 1.87. The Hall–Kier alpha value is -0.460. The van der Waals surface area contributed by atoms with Gasteiger partial charge in [-0.05, 0) is 5.41 Å². The van der Waals surface area contributed by atoms with Gasteiger partial charge in [-0.3, -0.25) is 0 Å². The van der Waals surface area contributed by atoms with Gasteiger partial charge in [-0.15, -0.1) is 12.6 Å². The van der Waals surface area contributed by atoms with E-state index in [1.807, 2.05) is 0 Å². The van der Waals surface area contributed by atoms with E-state index in [9.17, 15) is 22.0 Å². The Balaban J connectivity index is 4.84. The molecule has 0 rings (SSSR count). The second-order valence-electron chi connectivity index (χ2n) is 1.86. The zero-order valence-corrected chi connectivity index (χ0v) is 6.81. The molecule has 0 amide bonds. The third-order valence-corrected chi connectivity index (χ3v) is 1.35. The van der Waals surface area contributed by atoms with E-state index in [4.69, 9.17) is 0 Å². The van der Waals surface area contributed by atoms with Gasteiger partial charge in [0, 0.05) is 7.05 Å². The van der Waals surface area contributed by atoms with Crippen LogP contribution < -0.4 is 5.32 Å². The normalized spacial score (nSPS) is 14.8.